The maximum Gasteiger partial charge on any atom is 0.275 e. The van der Waals surface area contributed by atoms with Crippen LogP contribution in [0.5, 0.6) is 0 Å². The lowest BCUT2D eigenvalue weighted by Crippen LogP contribution is -2.51. The lowest BCUT2D eigenvalue weighted by atomic mass is 9.78. The number of aryl methyl sites for hydroxylation is 1. The molecule has 0 saturated carbocycles. The Morgan fingerprint density at radius 1 is 1.27 bits per heavy atom. The summed E-state index contributed by atoms with van der Waals surface area (Å²) in [6.45, 7) is 2.67. The number of nitrogens with zero attached hydrogens (tertiary/aromatic N) is 5. The molecular weight excluding hydrogens is 422 g/mol. The topological polar surface area (TPSA) is 95.5 Å². The first-order valence-corrected chi connectivity index (χ1v) is 11.7. The molecule has 1 unspecified atom stereocenters. The van der Waals surface area contributed by atoms with Gasteiger partial charge in [0, 0.05) is 52.1 Å². The number of methoxy groups -OCH3 is 1. The normalized spacial score (nSPS) is 20.5. The number of hydrogen-bond donors (Lipinski definition) is 0. The third-order valence-electron chi connectivity index (χ3n) is 7.02. The zero-order chi connectivity index (χ0) is 22.8. The largest absolute Gasteiger partial charge is 0.384 e. The Hall–Kier alpha value is -2.78. The average molecular weight is 454 g/mol. The van der Waals surface area contributed by atoms with Crippen molar-refractivity contribution in [1.82, 2.24) is 24.8 Å². The van der Waals surface area contributed by atoms with E-state index < -0.39 is 0 Å². The van der Waals surface area contributed by atoms with E-state index in [2.05, 4.69) is 15.2 Å². The number of hydrogen-bond acceptors (Lipinski definition) is 7. The Labute approximate surface area is 193 Å². The fourth-order valence-corrected chi connectivity index (χ4v) is 5.21. The minimum absolute atomic E-state index is 0.00320. The van der Waals surface area contributed by atoms with Crippen LogP contribution in [0.15, 0.2) is 28.8 Å². The number of likely N-dealkylation sites (tertiary alicyclic amines) is 1. The van der Waals surface area contributed by atoms with Crippen molar-refractivity contribution >= 4 is 16.8 Å². The number of carbonyl (C=O) groups excluding carboxylic acids is 1. The number of carbonyl (C=O) groups is 1. The van der Waals surface area contributed by atoms with E-state index in [4.69, 9.17) is 14.0 Å². The number of fused-ring (bicyclic) bond motifs is 1. The fraction of sp³-hybridized carbons (Fsp3) is 0.583. The first-order valence-electron chi connectivity index (χ1n) is 11.7. The van der Waals surface area contributed by atoms with E-state index >= 15 is 0 Å². The van der Waals surface area contributed by atoms with Gasteiger partial charge >= 0.3 is 0 Å². The highest BCUT2D eigenvalue weighted by atomic mass is 16.5. The van der Waals surface area contributed by atoms with E-state index in [1.165, 1.54) is 0 Å². The van der Waals surface area contributed by atoms with Crippen LogP contribution in [0.25, 0.3) is 10.9 Å². The molecule has 3 aromatic rings. The summed E-state index contributed by atoms with van der Waals surface area (Å²) < 4.78 is 18.6. The van der Waals surface area contributed by atoms with E-state index in [0.717, 1.165) is 49.6 Å². The van der Waals surface area contributed by atoms with Gasteiger partial charge in [0.05, 0.1) is 17.7 Å². The first-order chi connectivity index (χ1) is 16.1. The highest BCUT2D eigenvalue weighted by Crippen LogP contribution is 2.39. The molecule has 5 rings (SSSR count). The molecule has 33 heavy (non-hydrogen) atoms. The summed E-state index contributed by atoms with van der Waals surface area (Å²) in [6, 6.07) is 7.87. The average Bonchev–Trinajstić information content (AvgIpc) is 3.42. The lowest BCUT2D eigenvalue weighted by molar-refractivity contribution is -0.124. The second kappa shape index (κ2) is 9.23. The lowest BCUT2D eigenvalue weighted by Gasteiger charge is -2.46. The van der Waals surface area contributed by atoms with Crippen molar-refractivity contribution in [3.8, 4) is 0 Å². The van der Waals surface area contributed by atoms with Gasteiger partial charge in [-0.05, 0) is 37.7 Å². The summed E-state index contributed by atoms with van der Waals surface area (Å²) in [4.78, 5) is 19.7. The molecule has 1 spiro atoms. The molecule has 1 aromatic carbocycles. The number of ether oxygens (including phenoxy) is 2. The zero-order valence-corrected chi connectivity index (χ0v) is 19.3. The fourth-order valence-electron chi connectivity index (χ4n) is 5.21. The van der Waals surface area contributed by atoms with E-state index in [1.807, 2.05) is 36.2 Å². The summed E-state index contributed by atoms with van der Waals surface area (Å²) in [5.41, 5.74) is 1.33. The van der Waals surface area contributed by atoms with E-state index in [1.54, 1.807) is 11.8 Å². The SMILES string of the molecule is COCCc1noc(CC2CCOC3(CCN(C(=O)c4nn(C)c5ccccc45)CC3)C2)n1. The molecule has 9 nitrogen and oxygen atoms in total. The second-order valence-electron chi connectivity index (χ2n) is 9.22. The number of aromatic nitrogens is 4. The number of para-hydroxylation sites is 1. The van der Waals surface area contributed by atoms with Crippen LogP contribution in [0, 0.1) is 5.92 Å². The molecule has 9 heteroatoms. The van der Waals surface area contributed by atoms with Crippen molar-refractivity contribution in [3.63, 3.8) is 0 Å². The third-order valence-corrected chi connectivity index (χ3v) is 7.02. The zero-order valence-electron chi connectivity index (χ0n) is 19.3. The van der Waals surface area contributed by atoms with Gasteiger partial charge in [0.15, 0.2) is 11.5 Å². The van der Waals surface area contributed by atoms with Gasteiger partial charge in [-0.3, -0.25) is 9.48 Å². The molecule has 1 atom stereocenters. The van der Waals surface area contributed by atoms with Crippen LogP contribution in [0.1, 0.15) is 47.9 Å². The van der Waals surface area contributed by atoms with Crippen LogP contribution in [0.3, 0.4) is 0 Å². The van der Waals surface area contributed by atoms with Crippen LogP contribution in [0.2, 0.25) is 0 Å². The van der Waals surface area contributed by atoms with Crippen molar-refractivity contribution < 1.29 is 18.8 Å². The standard InChI is InChI=1S/C24H31N5O4/c1-28-19-6-4-3-5-18(19)22(26-28)23(30)29-11-9-24(10-12-29)16-17(7-14-32-24)15-21-25-20(27-33-21)8-13-31-2/h3-6,17H,7-16H2,1-2H3. The molecule has 4 heterocycles. The number of piperidine rings is 1. The van der Waals surface area contributed by atoms with Crippen molar-refractivity contribution in [3.05, 3.63) is 41.7 Å². The van der Waals surface area contributed by atoms with Gasteiger partial charge in [-0.15, -0.1) is 0 Å². The van der Waals surface area contributed by atoms with Crippen molar-refractivity contribution in [2.45, 2.75) is 44.1 Å². The van der Waals surface area contributed by atoms with Gasteiger partial charge in [0.1, 0.15) is 0 Å². The number of rotatable bonds is 6. The monoisotopic (exact) mass is 453 g/mol. The molecule has 0 bridgehead atoms. The van der Waals surface area contributed by atoms with Gasteiger partial charge < -0.3 is 18.9 Å². The van der Waals surface area contributed by atoms with Crippen LogP contribution in [-0.2, 0) is 29.4 Å². The molecule has 0 aliphatic carbocycles. The van der Waals surface area contributed by atoms with Crippen molar-refractivity contribution in [1.29, 1.82) is 0 Å². The highest BCUT2D eigenvalue weighted by molar-refractivity contribution is 6.04. The molecule has 2 fully saturated rings. The van der Waals surface area contributed by atoms with E-state index in [0.29, 0.717) is 49.4 Å². The predicted molar refractivity (Wildman–Crippen MR) is 121 cm³/mol. The third kappa shape index (κ3) is 4.52. The molecule has 0 radical (unpaired) electrons. The molecule has 2 aliphatic rings. The summed E-state index contributed by atoms with van der Waals surface area (Å²) in [6.07, 6.45) is 5.05. The van der Waals surface area contributed by atoms with Gasteiger partial charge in [0.25, 0.3) is 5.91 Å². The van der Waals surface area contributed by atoms with Crippen LogP contribution < -0.4 is 0 Å². The quantitative estimate of drug-likeness (QED) is 0.566. The Bertz CT molecular complexity index is 1120. The summed E-state index contributed by atoms with van der Waals surface area (Å²) >= 11 is 0. The highest BCUT2D eigenvalue weighted by Gasteiger charge is 2.42. The summed E-state index contributed by atoms with van der Waals surface area (Å²) in [5, 5.41) is 9.47. The van der Waals surface area contributed by atoms with Crippen LogP contribution >= 0.6 is 0 Å². The van der Waals surface area contributed by atoms with Gasteiger partial charge in [0.2, 0.25) is 5.89 Å². The van der Waals surface area contributed by atoms with Gasteiger partial charge in [-0.25, -0.2) is 0 Å². The Morgan fingerprint density at radius 2 is 2.09 bits per heavy atom. The molecule has 0 N–H and O–H groups in total. The second-order valence-corrected chi connectivity index (χ2v) is 9.22. The van der Waals surface area contributed by atoms with Crippen molar-refractivity contribution in [2.75, 3.05) is 33.4 Å². The summed E-state index contributed by atoms with van der Waals surface area (Å²) in [7, 11) is 3.55. The molecule has 2 saturated heterocycles. The minimum atomic E-state index is -0.176. The Balaban J connectivity index is 1.20. The van der Waals surface area contributed by atoms with Crippen LogP contribution in [0.4, 0.5) is 0 Å². The maximum atomic E-state index is 13.3. The van der Waals surface area contributed by atoms with E-state index in [-0.39, 0.29) is 11.5 Å². The molecule has 2 aliphatic heterocycles. The maximum absolute atomic E-state index is 13.3. The summed E-state index contributed by atoms with van der Waals surface area (Å²) in [5.74, 6) is 1.83. The molecule has 2 aromatic heterocycles. The van der Waals surface area contributed by atoms with Crippen molar-refractivity contribution in [2.24, 2.45) is 13.0 Å². The molecule has 1 amide bonds. The predicted octanol–water partition coefficient (Wildman–Crippen LogP) is 2.79. The molecular formula is C24H31N5O4. The number of amides is 1. The van der Waals surface area contributed by atoms with Gasteiger partial charge in [-0.1, -0.05) is 23.4 Å². The van der Waals surface area contributed by atoms with E-state index in [9.17, 15) is 4.79 Å². The number of benzene rings is 1. The Kier molecular flexibility index (Phi) is 6.16. The first kappa shape index (κ1) is 22.0. The van der Waals surface area contributed by atoms with Crippen LogP contribution in [-0.4, -0.2) is 69.7 Å². The smallest absolute Gasteiger partial charge is 0.275 e. The Morgan fingerprint density at radius 3 is 2.91 bits per heavy atom. The minimum Gasteiger partial charge on any atom is -0.384 e. The van der Waals surface area contributed by atoms with Gasteiger partial charge in [-0.2, -0.15) is 10.1 Å². The molecule has 176 valence electrons.